The number of benzene rings is 1. The van der Waals surface area contributed by atoms with Crippen molar-refractivity contribution in [2.45, 2.75) is 25.5 Å². The smallest absolute Gasteiger partial charge is 0.241 e. The van der Waals surface area contributed by atoms with Crippen molar-refractivity contribution in [1.82, 2.24) is 4.90 Å². The molecule has 1 unspecified atom stereocenters. The third kappa shape index (κ3) is 3.05. The number of nitrogens with one attached hydrogen (secondary N) is 1. The summed E-state index contributed by atoms with van der Waals surface area (Å²) in [7, 11) is 0. The Morgan fingerprint density at radius 3 is 2.76 bits per heavy atom. The number of amides is 1. The number of β-amino-alcohol motifs (C(OH)–C–C–N with tert-alkyl or cyclic N) is 1. The van der Waals surface area contributed by atoms with Gasteiger partial charge in [-0.05, 0) is 25.5 Å². The molecule has 1 amide bonds. The second-order valence-corrected chi connectivity index (χ2v) is 4.47. The topological polar surface area (TPSA) is 52.6 Å². The van der Waals surface area contributed by atoms with Crippen molar-refractivity contribution in [2.24, 2.45) is 0 Å². The summed E-state index contributed by atoms with van der Waals surface area (Å²) < 4.78 is 0. The van der Waals surface area contributed by atoms with Crippen LogP contribution in [0.2, 0.25) is 0 Å². The Bertz CT molecular complexity index is 380. The lowest BCUT2D eigenvalue weighted by Gasteiger charge is -2.22. The minimum Gasteiger partial charge on any atom is -0.392 e. The molecule has 1 aliphatic rings. The standard InChI is InChI=1S/C13H18N2O2/c1-10(15-8-7-12(16)9-15)13(17)14-11-5-3-2-4-6-11/h2-6,10,12,16H,7-9H2,1H3,(H,14,17)/t10?,12-/m0/s1. The molecule has 1 heterocycles. The van der Waals surface area contributed by atoms with Crippen LogP contribution in [0.25, 0.3) is 0 Å². The maximum absolute atomic E-state index is 12.0. The maximum atomic E-state index is 12.0. The average Bonchev–Trinajstić information content (AvgIpc) is 2.76. The Labute approximate surface area is 101 Å². The van der Waals surface area contributed by atoms with Crippen LogP contribution in [0.3, 0.4) is 0 Å². The van der Waals surface area contributed by atoms with Crippen LogP contribution in [-0.2, 0) is 4.79 Å². The first-order valence-corrected chi connectivity index (χ1v) is 5.95. The molecule has 1 aromatic carbocycles. The van der Waals surface area contributed by atoms with Crippen molar-refractivity contribution in [3.05, 3.63) is 30.3 Å². The molecule has 4 nitrogen and oxygen atoms in total. The first-order chi connectivity index (χ1) is 8.16. The van der Waals surface area contributed by atoms with Crippen LogP contribution < -0.4 is 5.32 Å². The summed E-state index contributed by atoms with van der Waals surface area (Å²) >= 11 is 0. The van der Waals surface area contributed by atoms with E-state index in [0.717, 1.165) is 18.7 Å². The molecule has 2 rings (SSSR count). The number of aliphatic hydroxyl groups is 1. The summed E-state index contributed by atoms with van der Waals surface area (Å²) in [6, 6.07) is 9.22. The van der Waals surface area contributed by atoms with Crippen molar-refractivity contribution in [1.29, 1.82) is 0 Å². The minimum absolute atomic E-state index is 0.0229. The van der Waals surface area contributed by atoms with E-state index in [1.165, 1.54) is 0 Å². The van der Waals surface area contributed by atoms with Crippen molar-refractivity contribution in [3.8, 4) is 0 Å². The van der Waals surface area contributed by atoms with Crippen LogP contribution in [0, 0.1) is 0 Å². The minimum atomic E-state index is -0.290. The van der Waals surface area contributed by atoms with E-state index in [0.29, 0.717) is 6.54 Å². The molecular weight excluding hydrogens is 216 g/mol. The number of hydrogen-bond donors (Lipinski definition) is 2. The number of aliphatic hydroxyl groups excluding tert-OH is 1. The fourth-order valence-corrected chi connectivity index (χ4v) is 2.05. The van der Waals surface area contributed by atoms with E-state index in [-0.39, 0.29) is 18.1 Å². The SMILES string of the molecule is CC(C(=O)Nc1ccccc1)N1CC[C@H](O)C1. The molecule has 17 heavy (non-hydrogen) atoms. The van der Waals surface area contributed by atoms with Gasteiger partial charge in [-0.2, -0.15) is 0 Å². The molecule has 0 aromatic heterocycles. The second kappa shape index (κ2) is 5.29. The molecule has 1 aromatic rings. The first kappa shape index (κ1) is 12.1. The van der Waals surface area contributed by atoms with Gasteiger partial charge in [0.1, 0.15) is 0 Å². The van der Waals surface area contributed by atoms with Crippen molar-refractivity contribution in [2.75, 3.05) is 18.4 Å². The largest absolute Gasteiger partial charge is 0.392 e. The number of nitrogens with zero attached hydrogens (tertiary/aromatic N) is 1. The van der Waals surface area contributed by atoms with E-state index in [1.54, 1.807) is 0 Å². The zero-order chi connectivity index (χ0) is 12.3. The lowest BCUT2D eigenvalue weighted by Crippen LogP contribution is -2.41. The van der Waals surface area contributed by atoms with Gasteiger partial charge in [-0.15, -0.1) is 0 Å². The van der Waals surface area contributed by atoms with Gasteiger partial charge in [0.25, 0.3) is 0 Å². The second-order valence-electron chi connectivity index (χ2n) is 4.47. The molecular formula is C13H18N2O2. The fraction of sp³-hybridized carbons (Fsp3) is 0.462. The third-order valence-electron chi connectivity index (χ3n) is 3.16. The zero-order valence-corrected chi connectivity index (χ0v) is 9.97. The first-order valence-electron chi connectivity index (χ1n) is 5.95. The Kier molecular flexibility index (Phi) is 3.76. The average molecular weight is 234 g/mol. The number of carbonyl (C=O) groups is 1. The van der Waals surface area contributed by atoms with Crippen molar-refractivity contribution < 1.29 is 9.90 Å². The quantitative estimate of drug-likeness (QED) is 0.823. The van der Waals surface area contributed by atoms with Gasteiger partial charge in [-0.25, -0.2) is 0 Å². The van der Waals surface area contributed by atoms with Crippen LogP contribution in [0.4, 0.5) is 5.69 Å². The lowest BCUT2D eigenvalue weighted by molar-refractivity contribution is -0.120. The number of carbonyl (C=O) groups excluding carboxylic acids is 1. The summed E-state index contributed by atoms with van der Waals surface area (Å²) in [4.78, 5) is 14.0. The summed E-state index contributed by atoms with van der Waals surface area (Å²) in [5.41, 5.74) is 0.809. The van der Waals surface area contributed by atoms with E-state index >= 15 is 0 Å². The molecule has 2 atom stereocenters. The highest BCUT2D eigenvalue weighted by Gasteiger charge is 2.28. The van der Waals surface area contributed by atoms with Gasteiger partial charge in [0, 0.05) is 18.8 Å². The molecule has 92 valence electrons. The molecule has 0 radical (unpaired) electrons. The summed E-state index contributed by atoms with van der Waals surface area (Å²) in [5, 5.41) is 12.3. The maximum Gasteiger partial charge on any atom is 0.241 e. The Morgan fingerprint density at radius 2 is 2.18 bits per heavy atom. The van der Waals surface area contributed by atoms with Gasteiger partial charge in [0.15, 0.2) is 0 Å². The zero-order valence-electron chi connectivity index (χ0n) is 9.97. The predicted octanol–water partition coefficient (Wildman–Crippen LogP) is 1.08. The molecule has 1 saturated heterocycles. The number of rotatable bonds is 3. The van der Waals surface area contributed by atoms with Gasteiger partial charge in [-0.3, -0.25) is 9.69 Å². The number of hydrogen-bond acceptors (Lipinski definition) is 3. The van der Waals surface area contributed by atoms with E-state index in [1.807, 2.05) is 42.2 Å². The fourth-order valence-electron chi connectivity index (χ4n) is 2.05. The van der Waals surface area contributed by atoms with Gasteiger partial charge < -0.3 is 10.4 Å². The van der Waals surface area contributed by atoms with Gasteiger partial charge in [0.05, 0.1) is 12.1 Å². The number of para-hydroxylation sites is 1. The highest BCUT2D eigenvalue weighted by atomic mass is 16.3. The highest BCUT2D eigenvalue weighted by molar-refractivity contribution is 5.94. The number of likely N-dealkylation sites (tertiary alicyclic amines) is 1. The van der Waals surface area contributed by atoms with E-state index in [9.17, 15) is 9.90 Å². The highest BCUT2D eigenvalue weighted by Crippen LogP contribution is 2.14. The summed E-state index contributed by atoms with van der Waals surface area (Å²) in [6.07, 6.45) is 0.463. The molecule has 4 heteroatoms. The number of anilines is 1. The van der Waals surface area contributed by atoms with Crippen molar-refractivity contribution >= 4 is 11.6 Å². The van der Waals surface area contributed by atoms with Gasteiger partial charge in [0.2, 0.25) is 5.91 Å². The van der Waals surface area contributed by atoms with E-state index in [4.69, 9.17) is 0 Å². The van der Waals surface area contributed by atoms with Crippen LogP contribution in [0.15, 0.2) is 30.3 Å². The third-order valence-corrected chi connectivity index (χ3v) is 3.16. The molecule has 2 N–H and O–H groups in total. The Balaban J connectivity index is 1.92. The molecule has 0 bridgehead atoms. The lowest BCUT2D eigenvalue weighted by atomic mass is 10.2. The molecule has 0 saturated carbocycles. The van der Waals surface area contributed by atoms with Crippen LogP contribution in [0.1, 0.15) is 13.3 Å². The Hall–Kier alpha value is -1.39. The van der Waals surface area contributed by atoms with Crippen molar-refractivity contribution in [3.63, 3.8) is 0 Å². The monoisotopic (exact) mass is 234 g/mol. The molecule has 1 aliphatic heterocycles. The van der Waals surface area contributed by atoms with Crippen LogP contribution >= 0.6 is 0 Å². The predicted molar refractivity (Wildman–Crippen MR) is 66.7 cm³/mol. The van der Waals surface area contributed by atoms with Crippen LogP contribution in [-0.4, -0.2) is 41.1 Å². The van der Waals surface area contributed by atoms with E-state index < -0.39 is 0 Å². The molecule has 1 fully saturated rings. The van der Waals surface area contributed by atoms with Gasteiger partial charge >= 0.3 is 0 Å². The molecule has 0 spiro atoms. The van der Waals surface area contributed by atoms with E-state index in [2.05, 4.69) is 5.32 Å². The normalized spacial score (nSPS) is 22.4. The molecule has 0 aliphatic carbocycles. The summed E-state index contributed by atoms with van der Waals surface area (Å²) in [5.74, 6) is -0.0229. The summed E-state index contributed by atoms with van der Waals surface area (Å²) in [6.45, 7) is 3.24. The van der Waals surface area contributed by atoms with Gasteiger partial charge in [-0.1, -0.05) is 18.2 Å². The van der Waals surface area contributed by atoms with Crippen LogP contribution in [0.5, 0.6) is 0 Å². The Morgan fingerprint density at radius 1 is 1.47 bits per heavy atom.